The number of alkyl halides is 3. The molecule has 0 aliphatic carbocycles. The van der Waals surface area contributed by atoms with Crippen molar-refractivity contribution in [3.8, 4) is 0 Å². The second-order valence-corrected chi connectivity index (χ2v) is 5.39. The second kappa shape index (κ2) is 5.71. The van der Waals surface area contributed by atoms with Crippen molar-refractivity contribution in [2.45, 2.75) is 32.5 Å². The van der Waals surface area contributed by atoms with Gasteiger partial charge in [0.1, 0.15) is 12.2 Å². The summed E-state index contributed by atoms with van der Waals surface area (Å²) in [6.07, 6.45) is -3.99. The van der Waals surface area contributed by atoms with Crippen LogP contribution < -0.4 is 0 Å². The van der Waals surface area contributed by atoms with Gasteiger partial charge >= 0.3 is 12.1 Å². The molecule has 5 nitrogen and oxygen atoms in total. The molecule has 0 bridgehead atoms. The first-order chi connectivity index (χ1) is 9.43. The summed E-state index contributed by atoms with van der Waals surface area (Å²) in [6.45, 7) is 4.30. The maximum Gasteiger partial charge on any atom is 0.417 e. The number of amides is 1. The van der Waals surface area contributed by atoms with Crippen LogP contribution in [0.1, 0.15) is 36.8 Å². The van der Waals surface area contributed by atoms with Gasteiger partial charge in [0, 0.05) is 11.7 Å². The first kappa shape index (κ1) is 16.9. The van der Waals surface area contributed by atoms with E-state index in [9.17, 15) is 22.8 Å². The van der Waals surface area contributed by atoms with E-state index in [1.165, 1.54) is 0 Å². The predicted molar refractivity (Wildman–Crippen MR) is 67.7 cm³/mol. The van der Waals surface area contributed by atoms with Crippen LogP contribution in [-0.2, 0) is 11.0 Å². The first-order valence-corrected chi connectivity index (χ1v) is 6.00. The number of carboxylic acids is 1. The summed E-state index contributed by atoms with van der Waals surface area (Å²) in [7, 11) is 0. The quantitative estimate of drug-likeness (QED) is 0.931. The van der Waals surface area contributed by atoms with Crippen LogP contribution in [0.5, 0.6) is 0 Å². The highest BCUT2D eigenvalue weighted by molar-refractivity contribution is 5.94. The summed E-state index contributed by atoms with van der Waals surface area (Å²) < 4.78 is 37.3. The molecular weight excluding hydrogens is 289 g/mol. The molecule has 0 atom stereocenters. The van der Waals surface area contributed by atoms with Gasteiger partial charge in [-0.15, -0.1) is 0 Å². The Morgan fingerprint density at radius 2 is 1.81 bits per heavy atom. The average molecular weight is 304 g/mol. The number of aliphatic carboxylic acids is 1. The van der Waals surface area contributed by atoms with Crippen LogP contribution in [0, 0.1) is 0 Å². The van der Waals surface area contributed by atoms with Gasteiger partial charge in [0.05, 0.1) is 5.56 Å². The minimum Gasteiger partial charge on any atom is -0.480 e. The van der Waals surface area contributed by atoms with Gasteiger partial charge in [0.25, 0.3) is 5.91 Å². The Kier molecular flexibility index (Phi) is 4.60. The molecule has 0 unspecified atom stereocenters. The summed E-state index contributed by atoms with van der Waals surface area (Å²) >= 11 is 0. The van der Waals surface area contributed by atoms with Crippen molar-refractivity contribution in [1.82, 2.24) is 9.88 Å². The molecule has 0 aromatic carbocycles. The lowest BCUT2D eigenvalue weighted by molar-refractivity contribution is -0.139. The van der Waals surface area contributed by atoms with E-state index in [2.05, 4.69) is 4.98 Å². The molecule has 0 spiro atoms. The molecule has 21 heavy (non-hydrogen) atoms. The third-order valence-electron chi connectivity index (χ3n) is 2.66. The van der Waals surface area contributed by atoms with Crippen LogP contribution >= 0.6 is 0 Å². The summed E-state index contributed by atoms with van der Waals surface area (Å²) in [5, 5.41) is 8.83. The molecule has 0 saturated heterocycles. The summed E-state index contributed by atoms with van der Waals surface area (Å²) in [4.78, 5) is 27.5. The Morgan fingerprint density at radius 3 is 2.14 bits per heavy atom. The normalized spacial score (nSPS) is 12.1. The molecule has 1 amide bonds. The van der Waals surface area contributed by atoms with Crippen LogP contribution in [0.25, 0.3) is 0 Å². The van der Waals surface area contributed by atoms with Crippen molar-refractivity contribution in [1.29, 1.82) is 0 Å². The highest BCUT2D eigenvalue weighted by Gasteiger charge is 2.33. The smallest absolute Gasteiger partial charge is 0.417 e. The van der Waals surface area contributed by atoms with E-state index in [0.717, 1.165) is 17.0 Å². The van der Waals surface area contributed by atoms with Crippen LogP contribution in [-0.4, -0.2) is 39.0 Å². The Morgan fingerprint density at radius 1 is 1.24 bits per heavy atom. The van der Waals surface area contributed by atoms with E-state index in [1.54, 1.807) is 20.8 Å². The monoisotopic (exact) mass is 304 g/mol. The number of carbonyl (C=O) groups is 2. The number of pyridine rings is 1. The fraction of sp³-hybridized carbons (Fsp3) is 0.462. The molecule has 1 N–H and O–H groups in total. The minimum absolute atomic E-state index is 0.237. The summed E-state index contributed by atoms with van der Waals surface area (Å²) in [5.74, 6) is -1.95. The summed E-state index contributed by atoms with van der Waals surface area (Å²) in [5.41, 5.74) is -2.02. The van der Waals surface area contributed by atoms with Crippen molar-refractivity contribution < 1.29 is 27.9 Å². The third kappa shape index (κ3) is 4.44. The Hall–Kier alpha value is -2.12. The SMILES string of the molecule is CC(C)(C)N(CC(=O)O)C(=O)c1ccc(C(F)(F)F)cn1. The zero-order valence-electron chi connectivity index (χ0n) is 11.7. The topological polar surface area (TPSA) is 70.5 Å². The molecule has 0 saturated carbocycles. The van der Waals surface area contributed by atoms with Gasteiger partial charge in [-0.3, -0.25) is 14.6 Å². The Bertz CT molecular complexity index is 533. The van der Waals surface area contributed by atoms with E-state index >= 15 is 0 Å². The van der Waals surface area contributed by atoms with Crippen molar-refractivity contribution in [2.75, 3.05) is 6.54 Å². The lowest BCUT2D eigenvalue weighted by Gasteiger charge is -2.34. The highest BCUT2D eigenvalue weighted by Crippen LogP contribution is 2.28. The molecule has 0 aliphatic heterocycles. The Labute approximate surface area is 119 Å². The molecule has 1 aromatic rings. The number of rotatable bonds is 3. The van der Waals surface area contributed by atoms with Crippen molar-refractivity contribution in [3.05, 3.63) is 29.6 Å². The van der Waals surface area contributed by atoms with E-state index < -0.39 is 35.7 Å². The fourth-order valence-electron chi connectivity index (χ4n) is 1.58. The lowest BCUT2D eigenvalue weighted by Crippen LogP contribution is -2.48. The first-order valence-electron chi connectivity index (χ1n) is 6.00. The van der Waals surface area contributed by atoms with E-state index in [-0.39, 0.29) is 5.69 Å². The van der Waals surface area contributed by atoms with Gasteiger partial charge in [0.15, 0.2) is 0 Å². The minimum atomic E-state index is -4.54. The molecule has 116 valence electrons. The van der Waals surface area contributed by atoms with Crippen molar-refractivity contribution in [3.63, 3.8) is 0 Å². The maximum atomic E-state index is 12.4. The largest absolute Gasteiger partial charge is 0.480 e. The standard InChI is InChI=1S/C13H15F3N2O3/c1-12(2,3)18(7-10(19)20)11(21)9-5-4-8(6-17-9)13(14,15)16/h4-6H,7H2,1-3H3,(H,19,20). The van der Waals surface area contributed by atoms with Crippen molar-refractivity contribution in [2.24, 2.45) is 0 Å². The zero-order valence-corrected chi connectivity index (χ0v) is 11.7. The summed E-state index contributed by atoms with van der Waals surface area (Å²) in [6, 6.07) is 1.67. The van der Waals surface area contributed by atoms with Gasteiger partial charge in [-0.05, 0) is 32.9 Å². The van der Waals surface area contributed by atoms with E-state index in [0.29, 0.717) is 6.20 Å². The third-order valence-corrected chi connectivity index (χ3v) is 2.66. The van der Waals surface area contributed by atoms with Crippen LogP contribution in [0.2, 0.25) is 0 Å². The predicted octanol–water partition coefficient (Wildman–Crippen LogP) is 2.43. The maximum absolute atomic E-state index is 12.4. The molecule has 1 rings (SSSR count). The highest BCUT2D eigenvalue weighted by atomic mass is 19.4. The molecule has 1 heterocycles. The number of carboxylic acid groups (broad SMARTS) is 1. The average Bonchev–Trinajstić information content (AvgIpc) is 2.33. The Balaban J connectivity index is 3.07. The number of hydrogen-bond acceptors (Lipinski definition) is 3. The van der Waals surface area contributed by atoms with Crippen molar-refractivity contribution >= 4 is 11.9 Å². The van der Waals surface area contributed by atoms with Gasteiger partial charge < -0.3 is 10.0 Å². The van der Waals surface area contributed by atoms with Crippen LogP contribution in [0.15, 0.2) is 18.3 Å². The molecule has 1 aromatic heterocycles. The molecule has 0 radical (unpaired) electrons. The molecule has 0 fully saturated rings. The van der Waals surface area contributed by atoms with Gasteiger partial charge in [-0.25, -0.2) is 0 Å². The molecule has 8 heteroatoms. The zero-order chi connectivity index (χ0) is 16.4. The van der Waals surface area contributed by atoms with Crippen LogP contribution in [0.3, 0.4) is 0 Å². The molecule has 0 aliphatic rings. The van der Waals surface area contributed by atoms with E-state index in [1.807, 2.05) is 0 Å². The molecular formula is C13H15F3N2O3. The van der Waals surface area contributed by atoms with E-state index in [4.69, 9.17) is 5.11 Å². The van der Waals surface area contributed by atoms with Gasteiger partial charge in [0.2, 0.25) is 0 Å². The van der Waals surface area contributed by atoms with Crippen LogP contribution in [0.4, 0.5) is 13.2 Å². The number of carbonyl (C=O) groups excluding carboxylic acids is 1. The number of hydrogen-bond donors (Lipinski definition) is 1. The lowest BCUT2D eigenvalue weighted by atomic mass is 10.1. The van der Waals surface area contributed by atoms with Gasteiger partial charge in [-0.2, -0.15) is 13.2 Å². The number of aromatic nitrogens is 1. The number of nitrogens with zero attached hydrogens (tertiary/aromatic N) is 2. The number of halogens is 3. The fourth-order valence-corrected chi connectivity index (χ4v) is 1.58. The van der Waals surface area contributed by atoms with Gasteiger partial charge in [-0.1, -0.05) is 0 Å². The second-order valence-electron chi connectivity index (χ2n) is 5.39.